The lowest BCUT2D eigenvalue weighted by atomic mass is 9.47. The molecule has 0 aromatic carbocycles. The van der Waals surface area contributed by atoms with Gasteiger partial charge in [0.15, 0.2) is 0 Å². The first-order valence-electron chi connectivity index (χ1n) is 18.0. The monoisotopic (exact) mass is 548 g/mol. The van der Waals surface area contributed by atoms with Gasteiger partial charge in [0, 0.05) is 0 Å². The van der Waals surface area contributed by atoms with E-state index in [1.807, 2.05) is 34.6 Å². The Morgan fingerprint density at radius 3 is 1.79 bits per heavy atom. The molecular formula is C38H77N. The van der Waals surface area contributed by atoms with Gasteiger partial charge in [-0.3, -0.25) is 0 Å². The lowest BCUT2D eigenvalue weighted by Crippen LogP contribution is -2.50. The van der Waals surface area contributed by atoms with Crippen molar-refractivity contribution in [3.8, 4) is 0 Å². The molecule has 0 aliphatic heterocycles. The molecule has 0 heterocycles. The molecule has 1 nitrogen and oxygen atoms in total. The van der Waals surface area contributed by atoms with E-state index < -0.39 is 0 Å². The summed E-state index contributed by atoms with van der Waals surface area (Å²) in [5.74, 6) is 8.25. The van der Waals surface area contributed by atoms with Crippen molar-refractivity contribution < 1.29 is 0 Å². The molecule has 0 radical (unpaired) electrons. The van der Waals surface area contributed by atoms with E-state index in [1.165, 1.54) is 31.9 Å². The van der Waals surface area contributed by atoms with Crippen LogP contribution in [0.25, 0.3) is 0 Å². The highest BCUT2D eigenvalue weighted by Gasteiger charge is 2.58. The maximum Gasteiger partial charge on any atom is -0.0106 e. The first-order valence-corrected chi connectivity index (χ1v) is 18.0. The van der Waals surface area contributed by atoms with Gasteiger partial charge in [-0.1, -0.05) is 108 Å². The van der Waals surface area contributed by atoms with E-state index >= 15 is 0 Å². The summed E-state index contributed by atoms with van der Waals surface area (Å²) in [5, 5.41) is 0. The Hall–Kier alpha value is -0.460. The zero-order valence-electron chi connectivity index (χ0n) is 29.5. The first-order chi connectivity index (χ1) is 18.7. The van der Waals surface area contributed by atoms with Gasteiger partial charge < -0.3 is 5.73 Å². The molecule has 1 heteroatoms. The molecule has 4 aliphatic rings. The van der Waals surface area contributed by atoms with Crippen molar-refractivity contribution in [3.05, 3.63) is 12.3 Å². The molecule has 8 atom stereocenters. The van der Waals surface area contributed by atoms with Crippen molar-refractivity contribution in [1.29, 1.82) is 0 Å². The predicted molar refractivity (Wildman–Crippen MR) is 180 cm³/mol. The third-order valence-electron chi connectivity index (χ3n) is 11.5. The topological polar surface area (TPSA) is 26.0 Å². The van der Waals surface area contributed by atoms with Crippen molar-refractivity contribution >= 4 is 0 Å². The van der Waals surface area contributed by atoms with Gasteiger partial charge in [-0.15, -0.1) is 0 Å². The fourth-order valence-electron chi connectivity index (χ4n) is 9.84. The molecule has 0 amide bonds. The molecule has 4 saturated carbocycles. The van der Waals surface area contributed by atoms with Crippen LogP contribution in [0.4, 0.5) is 0 Å². The van der Waals surface area contributed by atoms with Crippen LogP contribution in [-0.2, 0) is 0 Å². The number of hydrogen-bond donors (Lipinski definition) is 1. The Morgan fingerprint density at radius 1 is 0.769 bits per heavy atom. The van der Waals surface area contributed by atoms with Gasteiger partial charge in [-0.25, -0.2) is 0 Å². The molecule has 234 valence electrons. The van der Waals surface area contributed by atoms with Gasteiger partial charge in [-0.05, 0) is 136 Å². The fraction of sp³-hybridized carbons (Fsp3) is 0.947. The number of fused-ring (bicyclic) bond motifs is 5. The molecule has 39 heavy (non-hydrogen) atoms. The fourth-order valence-corrected chi connectivity index (χ4v) is 9.84. The lowest BCUT2D eigenvalue weighted by molar-refractivity contribution is -0.0862. The summed E-state index contributed by atoms with van der Waals surface area (Å²) in [6.07, 6.45) is 22.9. The number of hydrogen-bond acceptors (Lipinski definition) is 1. The van der Waals surface area contributed by atoms with Crippen LogP contribution in [0, 0.1) is 58.2 Å². The van der Waals surface area contributed by atoms with Crippen molar-refractivity contribution in [1.82, 2.24) is 0 Å². The average molecular weight is 548 g/mol. The van der Waals surface area contributed by atoms with Gasteiger partial charge in [-0.2, -0.15) is 0 Å². The van der Waals surface area contributed by atoms with Crippen LogP contribution < -0.4 is 5.73 Å². The van der Waals surface area contributed by atoms with E-state index in [4.69, 9.17) is 5.73 Å². The zero-order chi connectivity index (χ0) is 30.2. The Bertz CT molecular complexity index is 612. The minimum Gasteiger partial charge on any atom is -0.405 e. The van der Waals surface area contributed by atoms with E-state index in [9.17, 15) is 0 Å². The van der Waals surface area contributed by atoms with Crippen LogP contribution in [0.5, 0.6) is 0 Å². The predicted octanol–water partition coefficient (Wildman–Crippen LogP) is 12.7. The Kier molecular flexibility index (Phi) is 19.4. The minimum atomic E-state index is 0.674. The summed E-state index contributed by atoms with van der Waals surface area (Å²) < 4.78 is 0. The van der Waals surface area contributed by atoms with Crippen molar-refractivity contribution in [2.45, 2.75) is 173 Å². The summed E-state index contributed by atoms with van der Waals surface area (Å²) in [5.41, 5.74) is 6.23. The van der Waals surface area contributed by atoms with E-state index in [1.54, 1.807) is 63.9 Å². The molecule has 0 aromatic rings. The van der Waals surface area contributed by atoms with Gasteiger partial charge in [0.25, 0.3) is 0 Å². The van der Waals surface area contributed by atoms with Crippen molar-refractivity contribution in [3.63, 3.8) is 0 Å². The smallest absolute Gasteiger partial charge is 0.0106 e. The van der Waals surface area contributed by atoms with Gasteiger partial charge >= 0.3 is 0 Å². The summed E-state index contributed by atoms with van der Waals surface area (Å²) in [7, 11) is 0. The number of nitrogens with two attached hydrogens (primary N) is 1. The van der Waals surface area contributed by atoms with Crippen LogP contribution in [-0.4, -0.2) is 0 Å². The van der Waals surface area contributed by atoms with Crippen LogP contribution in [0.15, 0.2) is 12.3 Å². The maximum absolute atomic E-state index is 4.85. The standard InChI is InChI=1S/C28H50.C3H7N.C3H8.2C2H6/c1-7-28(8-2)16-14-22-21(18-28)9-10-24-23(22)13-15-27(6)25(11-12-26(24)27)20(5)17-19(3)4;1-2-3-4;1-3-2;2*1-2/h19-26H,7-18H2,1-6H3;2-3H,4H2,1H3;3H2,1-2H3;2*1-2H3/b;3-2-;;;/t20-,21?,22?,23?,24?,25?,26?,27?;;;;/m1..../s1. The maximum atomic E-state index is 4.85. The lowest BCUT2D eigenvalue weighted by Gasteiger charge is -2.58. The second kappa shape index (κ2) is 19.6. The third kappa shape index (κ3) is 9.81. The molecule has 0 saturated heterocycles. The molecule has 7 unspecified atom stereocenters. The Balaban J connectivity index is 0.00000115. The van der Waals surface area contributed by atoms with Gasteiger partial charge in [0.2, 0.25) is 0 Å². The molecule has 4 aliphatic carbocycles. The molecular weight excluding hydrogens is 470 g/mol. The molecule has 4 fully saturated rings. The van der Waals surface area contributed by atoms with Gasteiger partial charge in [0.05, 0.1) is 0 Å². The molecule has 2 N–H and O–H groups in total. The second-order valence-electron chi connectivity index (χ2n) is 14.0. The quantitative estimate of drug-likeness (QED) is 0.364. The zero-order valence-corrected chi connectivity index (χ0v) is 29.5. The SMILES string of the molecule is C/C=C\N.CC.CC.CCC.CCC1(CC)CCC2C(CCC3C2CCC2(C)C3CCC2[C@H](C)CC(C)C)C1. The normalized spacial score (nSPS) is 34.7. The second-order valence-corrected chi connectivity index (χ2v) is 14.0. The number of allylic oxidation sites excluding steroid dienone is 1. The molecule has 0 bridgehead atoms. The summed E-state index contributed by atoms with van der Waals surface area (Å²) in [6.45, 7) is 29.3. The summed E-state index contributed by atoms with van der Waals surface area (Å²) in [4.78, 5) is 0. The highest BCUT2D eigenvalue weighted by molar-refractivity contribution is 5.07. The summed E-state index contributed by atoms with van der Waals surface area (Å²) in [6, 6.07) is 0. The first kappa shape index (κ1) is 38.5. The van der Waals surface area contributed by atoms with Crippen LogP contribution in [0.2, 0.25) is 0 Å². The Morgan fingerprint density at radius 2 is 1.31 bits per heavy atom. The van der Waals surface area contributed by atoms with E-state index in [-0.39, 0.29) is 0 Å². The number of rotatable bonds is 5. The van der Waals surface area contributed by atoms with Crippen molar-refractivity contribution in [2.75, 3.05) is 0 Å². The average Bonchev–Trinajstić information content (AvgIpc) is 3.32. The van der Waals surface area contributed by atoms with Crippen molar-refractivity contribution in [2.24, 2.45) is 63.9 Å². The van der Waals surface area contributed by atoms with E-state index in [2.05, 4.69) is 55.4 Å². The highest BCUT2D eigenvalue weighted by atomic mass is 14.6. The molecule has 4 rings (SSSR count). The molecule has 0 spiro atoms. The van der Waals surface area contributed by atoms with Crippen LogP contribution in [0.1, 0.15) is 173 Å². The largest absolute Gasteiger partial charge is 0.405 e. The Labute approximate surface area is 249 Å². The van der Waals surface area contributed by atoms with Crippen LogP contribution >= 0.6 is 0 Å². The summed E-state index contributed by atoms with van der Waals surface area (Å²) >= 11 is 0. The van der Waals surface area contributed by atoms with Gasteiger partial charge in [0.1, 0.15) is 0 Å². The highest BCUT2D eigenvalue weighted by Crippen LogP contribution is 2.66. The molecule has 0 aromatic heterocycles. The third-order valence-corrected chi connectivity index (χ3v) is 11.5. The van der Waals surface area contributed by atoms with E-state index in [0.29, 0.717) is 10.8 Å². The van der Waals surface area contributed by atoms with E-state index in [0.717, 1.165) is 47.3 Å². The van der Waals surface area contributed by atoms with Crippen LogP contribution in [0.3, 0.4) is 0 Å². The minimum absolute atomic E-state index is 0.674.